The highest BCUT2D eigenvalue weighted by molar-refractivity contribution is 7.13. The van der Waals surface area contributed by atoms with Crippen LogP contribution < -0.4 is 0 Å². The zero-order chi connectivity index (χ0) is 18.5. The number of thiazole rings is 1. The Labute approximate surface area is 163 Å². The minimum Gasteiger partial charge on any atom is -0.342 e. The number of likely N-dealkylation sites (tertiary alicyclic amines) is 1. The molecule has 1 aromatic carbocycles. The molecule has 6 heteroatoms. The molecule has 27 heavy (non-hydrogen) atoms. The summed E-state index contributed by atoms with van der Waals surface area (Å²) in [6.07, 6.45) is 7.54. The SMILES string of the molecule is O=C(Cc1csc(-c2ccccc2)n1)N1CCC(CCn2cccn2)CC1. The van der Waals surface area contributed by atoms with Crippen LogP contribution in [0.2, 0.25) is 0 Å². The number of benzene rings is 1. The van der Waals surface area contributed by atoms with Crippen LogP contribution in [-0.2, 0) is 17.8 Å². The van der Waals surface area contributed by atoms with E-state index in [1.807, 2.05) is 51.6 Å². The van der Waals surface area contributed by atoms with E-state index in [-0.39, 0.29) is 5.91 Å². The number of hydrogen-bond donors (Lipinski definition) is 0. The Kier molecular flexibility index (Phi) is 5.63. The van der Waals surface area contributed by atoms with Crippen molar-refractivity contribution in [2.45, 2.75) is 32.2 Å². The number of aryl methyl sites for hydroxylation is 1. The van der Waals surface area contributed by atoms with Gasteiger partial charge in [-0.05, 0) is 31.2 Å². The van der Waals surface area contributed by atoms with Gasteiger partial charge >= 0.3 is 0 Å². The van der Waals surface area contributed by atoms with Crippen molar-refractivity contribution in [2.24, 2.45) is 5.92 Å². The van der Waals surface area contributed by atoms with Gasteiger partial charge < -0.3 is 4.90 Å². The highest BCUT2D eigenvalue weighted by Gasteiger charge is 2.23. The number of hydrogen-bond acceptors (Lipinski definition) is 4. The quantitative estimate of drug-likeness (QED) is 0.652. The Hall–Kier alpha value is -2.47. The van der Waals surface area contributed by atoms with Crippen LogP contribution in [0.5, 0.6) is 0 Å². The van der Waals surface area contributed by atoms with Crippen molar-refractivity contribution in [3.63, 3.8) is 0 Å². The van der Waals surface area contributed by atoms with Crippen molar-refractivity contribution in [3.05, 3.63) is 59.9 Å². The van der Waals surface area contributed by atoms with Crippen molar-refractivity contribution in [3.8, 4) is 10.6 Å². The second-order valence-corrected chi connectivity index (χ2v) is 7.93. The molecule has 0 N–H and O–H groups in total. The van der Waals surface area contributed by atoms with Crippen molar-refractivity contribution < 1.29 is 4.79 Å². The second-order valence-electron chi connectivity index (χ2n) is 7.07. The summed E-state index contributed by atoms with van der Waals surface area (Å²) in [5.41, 5.74) is 1.99. The van der Waals surface area contributed by atoms with Crippen molar-refractivity contribution in [1.29, 1.82) is 0 Å². The molecule has 3 aromatic rings. The lowest BCUT2D eigenvalue weighted by atomic mass is 9.93. The Balaban J connectivity index is 1.25. The molecule has 0 aliphatic carbocycles. The van der Waals surface area contributed by atoms with Gasteiger partial charge in [0.05, 0.1) is 12.1 Å². The predicted molar refractivity (Wildman–Crippen MR) is 107 cm³/mol. The minimum absolute atomic E-state index is 0.199. The van der Waals surface area contributed by atoms with Crippen molar-refractivity contribution in [2.75, 3.05) is 13.1 Å². The van der Waals surface area contributed by atoms with E-state index in [4.69, 9.17) is 0 Å². The predicted octanol–water partition coefficient (Wildman–Crippen LogP) is 3.88. The third-order valence-corrected chi connectivity index (χ3v) is 6.14. The maximum absolute atomic E-state index is 12.6. The van der Waals surface area contributed by atoms with Gasteiger partial charge in [-0.15, -0.1) is 11.3 Å². The molecule has 0 unspecified atom stereocenters. The molecule has 3 heterocycles. The smallest absolute Gasteiger partial charge is 0.228 e. The highest BCUT2D eigenvalue weighted by Crippen LogP contribution is 2.25. The minimum atomic E-state index is 0.199. The molecule has 0 bridgehead atoms. The lowest BCUT2D eigenvalue weighted by Crippen LogP contribution is -2.39. The average Bonchev–Trinajstić information content (AvgIpc) is 3.39. The number of carbonyl (C=O) groups excluding carboxylic acids is 1. The van der Waals surface area contributed by atoms with Crippen LogP contribution in [0.4, 0.5) is 0 Å². The van der Waals surface area contributed by atoms with E-state index in [0.29, 0.717) is 12.3 Å². The van der Waals surface area contributed by atoms with Gasteiger partial charge in [0.15, 0.2) is 0 Å². The summed E-state index contributed by atoms with van der Waals surface area (Å²) in [6, 6.07) is 12.1. The maximum Gasteiger partial charge on any atom is 0.228 e. The Morgan fingerprint density at radius 2 is 1.96 bits per heavy atom. The maximum atomic E-state index is 12.6. The van der Waals surface area contributed by atoms with Crippen molar-refractivity contribution >= 4 is 17.2 Å². The first-order valence-corrected chi connectivity index (χ1v) is 10.4. The number of rotatable bonds is 6. The van der Waals surface area contributed by atoms with Crippen LogP contribution in [0, 0.1) is 5.92 Å². The number of aromatic nitrogens is 3. The lowest BCUT2D eigenvalue weighted by molar-refractivity contribution is -0.131. The third kappa shape index (κ3) is 4.63. The van der Waals surface area contributed by atoms with Gasteiger partial charge in [-0.3, -0.25) is 9.48 Å². The largest absolute Gasteiger partial charge is 0.342 e. The van der Waals surface area contributed by atoms with E-state index in [9.17, 15) is 4.79 Å². The molecule has 4 rings (SSSR count). The molecule has 140 valence electrons. The van der Waals surface area contributed by atoms with Gasteiger partial charge in [-0.1, -0.05) is 30.3 Å². The first-order valence-electron chi connectivity index (χ1n) is 9.53. The summed E-state index contributed by atoms with van der Waals surface area (Å²) in [6.45, 7) is 2.68. The third-order valence-electron chi connectivity index (χ3n) is 5.20. The first kappa shape index (κ1) is 17.9. The standard InChI is InChI=1S/C21H24N4OS/c26-20(15-19-16-27-21(23-19)18-5-2-1-3-6-18)24-12-7-17(8-13-24)9-14-25-11-4-10-22-25/h1-6,10-11,16-17H,7-9,12-15H2. The van der Waals surface area contributed by atoms with Gasteiger partial charge in [0.2, 0.25) is 5.91 Å². The van der Waals surface area contributed by atoms with E-state index in [2.05, 4.69) is 22.2 Å². The topological polar surface area (TPSA) is 51.0 Å². The second kappa shape index (κ2) is 8.48. The van der Waals surface area contributed by atoms with Crippen molar-refractivity contribution in [1.82, 2.24) is 19.7 Å². The molecule has 0 saturated carbocycles. The number of carbonyl (C=O) groups is 1. The highest BCUT2D eigenvalue weighted by atomic mass is 32.1. The van der Waals surface area contributed by atoms with Gasteiger partial charge in [0.25, 0.3) is 0 Å². The molecule has 1 saturated heterocycles. The van der Waals surface area contributed by atoms with E-state index in [1.54, 1.807) is 11.3 Å². The first-order chi connectivity index (χ1) is 13.3. The van der Waals surface area contributed by atoms with E-state index >= 15 is 0 Å². The number of nitrogens with zero attached hydrogens (tertiary/aromatic N) is 4. The summed E-state index contributed by atoms with van der Waals surface area (Å²) in [5.74, 6) is 0.882. The molecule has 0 spiro atoms. The van der Waals surface area contributed by atoms with Gasteiger partial charge in [-0.25, -0.2) is 4.98 Å². The van der Waals surface area contributed by atoms with Gasteiger partial charge in [0.1, 0.15) is 5.01 Å². The van der Waals surface area contributed by atoms with E-state index in [0.717, 1.165) is 55.2 Å². The molecule has 1 amide bonds. The lowest BCUT2D eigenvalue weighted by Gasteiger charge is -2.32. The Morgan fingerprint density at radius 3 is 2.70 bits per heavy atom. The number of amides is 1. The molecule has 1 aliphatic rings. The normalized spacial score (nSPS) is 15.2. The van der Waals surface area contributed by atoms with E-state index in [1.165, 1.54) is 0 Å². The van der Waals surface area contributed by atoms with Gasteiger partial charge in [-0.2, -0.15) is 5.10 Å². The van der Waals surface area contributed by atoms with Crippen LogP contribution >= 0.6 is 11.3 Å². The molecular formula is C21H24N4OS. The van der Waals surface area contributed by atoms with Crippen LogP contribution in [-0.4, -0.2) is 38.7 Å². The summed E-state index contributed by atoms with van der Waals surface area (Å²) in [4.78, 5) is 19.3. The molecule has 1 aliphatic heterocycles. The van der Waals surface area contributed by atoms with Crippen LogP contribution in [0.25, 0.3) is 10.6 Å². The molecule has 1 fully saturated rings. The van der Waals surface area contributed by atoms with Gasteiger partial charge in [0, 0.05) is 43.0 Å². The molecular weight excluding hydrogens is 356 g/mol. The zero-order valence-electron chi connectivity index (χ0n) is 15.3. The zero-order valence-corrected chi connectivity index (χ0v) is 16.1. The Morgan fingerprint density at radius 1 is 1.15 bits per heavy atom. The fourth-order valence-corrected chi connectivity index (χ4v) is 4.41. The van der Waals surface area contributed by atoms with Crippen LogP contribution in [0.3, 0.4) is 0 Å². The van der Waals surface area contributed by atoms with E-state index < -0.39 is 0 Å². The monoisotopic (exact) mass is 380 g/mol. The average molecular weight is 381 g/mol. The van der Waals surface area contributed by atoms with Crippen LogP contribution in [0.15, 0.2) is 54.2 Å². The van der Waals surface area contributed by atoms with Crippen LogP contribution in [0.1, 0.15) is 25.0 Å². The summed E-state index contributed by atoms with van der Waals surface area (Å²) >= 11 is 1.61. The Bertz CT molecular complexity index is 851. The fourth-order valence-electron chi connectivity index (χ4n) is 3.59. The molecule has 5 nitrogen and oxygen atoms in total. The summed E-state index contributed by atoms with van der Waals surface area (Å²) in [5, 5.41) is 7.25. The molecule has 2 aromatic heterocycles. The summed E-state index contributed by atoms with van der Waals surface area (Å²) < 4.78 is 1.99. The number of piperidine rings is 1. The molecule has 0 radical (unpaired) electrons. The fraction of sp³-hybridized carbons (Fsp3) is 0.381. The summed E-state index contributed by atoms with van der Waals surface area (Å²) in [7, 11) is 0. The molecule has 0 atom stereocenters.